The zero-order valence-electron chi connectivity index (χ0n) is 15.3. The zero-order valence-corrected chi connectivity index (χ0v) is 15.3. The second-order valence-electron chi connectivity index (χ2n) is 6.62. The first-order chi connectivity index (χ1) is 12.7. The maximum absolute atomic E-state index is 12.2. The number of hydrogen-bond acceptors (Lipinski definition) is 2. The molecule has 26 heavy (non-hydrogen) atoms. The Kier molecular flexibility index (Phi) is 5.92. The van der Waals surface area contributed by atoms with Crippen molar-refractivity contribution in [1.29, 1.82) is 0 Å². The van der Waals surface area contributed by atoms with Crippen molar-refractivity contribution in [3.63, 3.8) is 0 Å². The summed E-state index contributed by atoms with van der Waals surface area (Å²) in [6, 6.07) is 16.2. The number of likely N-dealkylation sites (N-methyl/N-ethyl adjacent to an activating group) is 1. The second-order valence-corrected chi connectivity index (χ2v) is 6.62. The van der Waals surface area contributed by atoms with Crippen molar-refractivity contribution in [2.45, 2.75) is 13.0 Å². The van der Waals surface area contributed by atoms with Gasteiger partial charge in [-0.2, -0.15) is 0 Å². The number of nitrogens with one attached hydrogen (secondary N) is 3. The Morgan fingerprint density at radius 1 is 1.15 bits per heavy atom. The molecule has 2 aromatic carbocycles. The van der Waals surface area contributed by atoms with Crippen LogP contribution in [0.25, 0.3) is 10.9 Å². The summed E-state index contributed by atoms with van der Waals surface area (Å²) in [5.41, 5.74) is 3.56. The van der Waals surface area contributed by atoms with Crippen molar-refractivity contribution >= 4 is 16.8 Å². The first-order valence-corrected chi connectivity index (χ1v) is 8.91. The summed E-state index contributed by atoms with van der Waals surface area (Å²) in [6.07, 6.45) is 2.85. The number of methoxy groups -OCH3 is 1. The molecule has 3 rings (SSSR count). The Balaban J connectivity index is 1.43. The van der Waals surface area contributed by atoms with Crippen molar-refractivity contribution < 1.29 is 14.4 Å². The fourth-order valence-electron chi connectivity index (χ4n) is 3.17. The van der Waals surface area contributed by atoms with E-state index in [4.69, 9.17) is 4.74 Å². The van der Waals surface area contributed by atoms with Gasteiger partial charge in [-0.25, -0.2) is 0 Å². The lowest BCUT2D eigenvalue weighted by Gasteiger charge is -2.14. The molecule has 1 unspecified atom stereocenters. The molecule has 1 aromatic heterocycles. The highest BCUT2D eigenvalue weighted by Crippen LogP contribution is 2.17. The van der Waals surface area contributed by atoms with Crippen LogP contribution >= 0.6 is 0 Å². The van der Waals surface area contributed by atoms with Crippen LogP contribution in [0.2, 0.25) is 0 Å². The van der Waals surface area contributed by atoms with Crippen LogP contribution in [0.4, 0.5) is 0 Å². The van der Waals surface area contributed by atoms with E-state index in [0.29, 0.717) is 13.1 Å². The van der Waals surface area contributed by atoms with E-state index >= 15 is 0 Å². The molecule has 3 N–H and O–H groups in total. The third-order valence-corrected chi connectivity index (χ3v) is 4.52. The molecule has 1 atom stereocenters. The second kappa shape index (κ2) is 8.54. The summed E-state index contributed by atoms with van der Waals surface area (Å²) in [4.78, 5) is 16.6. The average Bonchev–Trinajstić information content (AvgIpc) is 3.05. The molecule has 1 heterocycles. The molecule has 0 spiro atoms. The molecule has 0 aliphatic carbocycles. The molecule has 0 saturated heterocycles. The van der Waals surface area contributed by atoms with Crippen molar-refractivity contribution in [2.75, 3.05) is 27.2 Å². The van der Waals surface area contributed by atoms with Gasteiger partial charge >= 0.3 is 0 Å². The largest absolute Gasteiger partial charge is 0.497 e. The van der Waals surface area contributed by atoms with Gasteiger partial charge in [-0.1, -0.05) is 18.2 Å². The maximum Gasteiger partial charge on any atom is 0.275 e. The Labute approximate surface area is 154 Å². The fourth-order valence-corrected chi connectivity index (χ4v) is 3.17. The van der Waals surface area contributed by atoms with E-state index in [9.17, 15) is 4.79 Å². The third-order valence-electron chi connectivity index (χ3n) is 4.52. The van der Waals surface area contributed by atoms with Crippen LogP contribution in [0, 0.1) is 0 Å². The number of amides is 1. The van der Waals surface area contributed by atoms with E-state index in [2.05, 4.69) is 22.4 Å². The topological polar surface area (TPSA) is 58.6 Å². The number of quaternary nitrogens is 1. The van der Waals surface area contributed by atoms with Gasteiger partial charge in [-0.15, -0.1) is 0 Å². The van der Waals surface area contributed by atoms with Gasteiger partial charge in [0.2, 0.25) is 0 Å². The molecule has 5 heteroatoms. The van der Waals surface area contributed by atoms with Gasteiger partial charge < -0.3 is 19.9 Å². The molecule has 5 nitrogen and oxygen atoms in total. The Morgan fingerprint density at radius 3 is 2.69 bits per heavy atom. The summed E-state index contributed by atoms with van der Waals surface area (Å²) in [5.74, 6) is 0.928. The summed E-state index contributed by atoms with van der Waals surface area (Å²) < 4.78 is 5.17. The number of carbonyl (C=O) groups excluding carboxylic acids is 1. The third kappa shape index (κ3) is 4.64. The van der Waals surface area contributed by atoms with Crippen molar-refractivity contribution in [3.8, 4) is 5.75 Å². The first-order valence-electron chi connectivity index (χ1n) is 8.91. The van der Waals surface area contributed by atoms with Gasteiger partial charge in [0.05, 0.1) is 14.2 Å². The quantitative estimate of drug-likeness (QED) is 0.576. The number of rotatable bonds is 8. The molecule has 136 valence electrons. The first kappa shape index (κ1) is 18.0. The predicted octanol–water partition coefficient (Wildman–Crippen LogP) is 1.55. The highest BCUT2D eigenvalue weighted by atomic mass is 16.5. The number of hydrogen-bond donors (Lipinski definition) is 3. The monoisotopic (exact) mass is 352 g/mol. The summed E-state index contributed by atoms with van der Waals surface area (Å²) in [6.45, 7) is 1.91. The SMILES string of the molecule is COc1ccc(C[NH+](C)CC(=O)NCCc2c[nH]c3ccccc23)cc1. The zero-order chi connectivity index (χ0) is 18.4. The van der Waals surface area contributed by atoms with Crippen LogP contribution in [0.15, 0.2) is 54.7 Å². The van der Waals surface area contributed by atoms with Gasteiger partial charge in [0, 0.05) is 29.2 Å². The number of ether oxygens (including phenoxy) is 1. The standard InChI is InChI=1S/C21H25N3O2/c1-24(14-16-7-9-18(26-2)10-8-16)15-21(25)22-12-11-17-13-23-20-6-4-3-5-19(17)20/h3-10,13,23H,11-12,14-15H2,1-2H3,(H,22,25)/p+1. The lowest BCUT2D eigenvalue weighted by Crippen LogP contribution is -3.08. The fraction of sp³-hybridized carbons (Fsp3) is 0.286. The predicted molar refractivity (Wildman–Crippen MR) is 103 cm³/mol. The van der Waals surface area contributed by atoms with Crippen molar-refractivity contribution in [1.82, 2.24) is 10.3 Å². The molecule has 3 aromatic rings. The average molecular weight is 352 g/mol. The smallest absolute Gasteiger partial charge is 0.275 e. The van der Waals surface area contributed by atoms with Crippen LogP contribution in [-0.2, 0) is 17.8 Å². The highest BCUT2D eigenvalue weighted by Gasteiger charge is 2.11. The van der Waals surface area contributed by atoms with Gasteiger partial charge in [-0.3, -0.25) is 4.79 Å². The van der Waals surface area contributed by atoms with Gasteiger partial charge in [0.1, 0.15) is 12.3 Å². The number of fused-ring (bicyclic) bond motifs is 1. The molecule has 0 radical (unpaired) electrons. The number of aromatic nitrogens is 1. The number of para-hydroxylation sites is 1. The van der Waals surface area contributed by atoms with E-state index < -0.39 is 0 Å². The van der Waals surface area contributed by atoms with Crippen LogP contribution in [0.5, 0.6) is 5.75 Å². The van der Waals surface area contributed by atoms with E-state index in [-0.39, 0.29) is 5.91 Å². The minimum absolute atomic E-state index is 0.0795. The molecule has 0 fully saturated rings. The van der Waals surface area contributed by atoms with Gasteiger partial charge in [0.25, 0.3) is 5.91 Å². The number of H-pyrrole nitrogens is 1. The lowest BCUT2D eigenvalue weighted by molar-refractivity contribution is -0.885. The molecule has 1 amide bonds. The van der Waals surface area contributed by atoms with Crippen LogP contribution in [-0.4, -0.2) is 38.1 Å². The summed E-state index contributed by atoms with van der Waals surface area (Å²) in [7, 11) is 3.69. The van der Waals surface area contributed by atoms with Crippen molar-refractivity contribution in [2.24, 2.45) is 0 Å². The van der Waals surface area contributed by atoms with E-state index in [0.717, 1.165) is 29.1 Å². The van der Waals surface area contributed by atoms with Crippen molar-refractivity contribution in [3.05, 3.63) is 65.9 Å². The Hall–Kier alpha value is -2.79. The van der Waals surface area contributed by atoms with E-state index in [1.54, 1.807) is 7.11 Å². The maximum atomic E-state index is 12.2. The minimum atomic E-state index is 0.0795. The number of benzene rings is 2. The molecule has 0 aliphatic rings. The summed E-state index contributed by atoms with van der Waals surface area (Å²) in [5, 5.41) is 4.25. The molecule has 0 saturated carbocycles. The number of carbonyl (C=O) groups is 1. The Bertz CT molecular complexity index is 855. The molecule has 0 aliphatic heterocycles. The van der Waals surface area contributed by atoms with Gasteiger partial charge in [0.15, 0.2) is 6.54 Å². The molecular formula is C21H26N3O2+. The minimum Gasteiger partial charge on any atom is -0.497 e. The normalized spacial score (nSPS) is 12.1. The van der Waals surface area contributed by atoms with Crippen LogP contribution in [0.1, 0.15) is 11.1 Å². The van der Waals surface area contributed by atoms with E-state index in [1.165, 1.54) is 16.5 Å². The van der Waals surface area contributed by atoms with E-state index in [1.807, 2.05) is 49.6 Å². The number of aromatic amines is 1. The lowest BCUT2D eigenvalue weighted by atomic mass is 10.1. The highest BCUT2D eigenvalue weighted by molar-refractivity contribution is 5.83. The molecule has 0 bridgehead atoms. The van der Waals surface area contributed by atoms with Gasteiger partial charge in [-0.05, 0) is 42.3 Å². The Morgan fingerprint density at radius 2 is 1.92 bits per heavy atom. The summed E-state index contributed by atoms with van der Waals surface area (Å²) >= 11 is 0. The van der Waals surface area contributed by atoms with Crippen LogP contribution in [0.3, 0.4) is 0 Å². The molecular weight excluding hydrogens is 326 g/mol. The van der Waals surface area contributed by atoms with Crippen LogP contribution < -0.4 is 15.0 Å².